The summed E-state index contributed by atoms with van der Waals surface area (Å²) in [4.78, 5) is 11.5. The number of hydrogen-bond acceptors (Lipinski definition) is 6. The highest BCUT2D eigenvalue weighted by molar-refractivity contribution is 5.81. The van der Waals surface area contributed by atoms with Crippen LogP contribution in [-0.2, 0) is 4.79 Å². The first-order valence-corrected chi connectivity index (χ1v) is 8.18. The van der Waals surface area contributed by atoms with Crippen molar-refractivity contribution < 1.29 is 14.3 Å². The van der Waals surface area contributed by atoms with E-state index in [0.29, 0.717) is 19.6 Å². The molecule has 5 N–H and O–H groups in total. The first-order chi connectivity index (χ1) is 12.3. The average Bonchev–Trinajstić information content (AvgIpc) is 3.16. The van der Waals surface area contributed by atoms with Crippen LogP contribution >= 0.6 is 0 Å². The number of carbonyl (C=O) groups is 1. The minimum Gasteiger partial charge on any atom is -0.490 e. The van der Waals surface area contributed by atoms with Crippen molar-refractivity contribution in [2.75, 3.05) is 13.2 Å². The Labute approximate surface area is 146 Å². The Morgan fingerprint density at radius 1 is 1.00 bits per heavy atom. The predicted molar refractivity (Wildman–Crippen MR) is 93.6 cm³/mol. The molecule has 132 valence electrons. The van der Waals surface area contributed by atoms with Crippen molar-refractivity contribution in [3.05, 3.63) is 60.2 Å². The molecule has 3 rings (SSSR count). The summed E-state index contributed by atoms with van der Waals surface area (Å²) in [6, 6.07) is 17.1. The zero-order valence-electron chi connectivity index (χ0n) is 13.8. The van der Waals surface area contributed by atoms with Gasteiger partial charge in [0.05, 0.1) is 0 Å². The quantitative estimate of drug-likeness (QED) is 0.260. The van der Waals surface area contributed by atoms with E-state index in [1.54, 1.807) is 0 Å². The molecule has 1 fully saturated rings. The molecule has 25 heavy (non-hydrogen) atoms. The van der Waals surface area contributed by atoms with E-state index >= 15 is 0 Å². The van der Waals surface area contributed by atoms with E-state index in [1.807, 2.05) is 54.6 Å². The Kier molecular flexibility index (Phi) is 5.84. The monoisotopic (exact) mass is 342 g/mol. The summed E-state index contributed by atoms with van der Waals surface area (Å²) in [6.07, 6.45) is 0.633. The molecule has 0 saturated carbocycles. The van der Waals surface area contributed by atoms with Gasteiger partial charge in [-0.25, -0.2) is 16.7 Å². The third-order valence-corrected chi connectivity index (χ3v) is 4.01. The minimum absolute atomic E-state index is 0.0535. The third-order valence-electron chi connectivity index (χ3n) is 4.01. The lowest BCUT2D eigenvalue weighted by atomic mass is 10.0. The van der Waals surface area contributed by atoms with E-state index in [-0.39, 0.29) is 18.0 Å². The third kappa shape index (κ3) is 4.69. The molecule has 7 nitrogen and oxygen atoms in total. The highest BCUT2D eigenvalue weighted by Crippen LogP contribution is 2.24. The van der Waals surface area contributed by atoms with E-state index in [1.165, 1.54) is 0 Å². The molecule has 2 aromatic carbocycles. The number of rotatable bonds is 7. The first-order valence-electron chi connectivity index (χ1n) is 8.18. The average molecular weight is 342 g/mol. The first kappa shape index (κ1) is 17.2. The molecule has 1 saturated heterocycles. The van der Waals surface area contributed by atoms with Gasteiger partial charge in [0.2, 0.25) is 0 Å². The second-order valence-corrected chi connectivity index (χ2v) is 5.72. The summed E-state index contributed by atoms with van der Waals surface area (Å²) in [6.45, 7) is 0.950. The summed E-state index contributed by atoms with van der Waals surface area (Å²) in [5.74, 6) is 6.54. The number of benzene rings is 2. The van der Waals surface area contributed by atoms with Crippen LogP contribution in [0.1, 0.15) is 18.0 Å². The lowest BCUT2D eigenvalue weighted by Crippen LogP contribution is -2.45. The molecular weight excluding hydrogens is 320 g/mol. The summed E-state index contributed by atoms with van der Waals surface area (Å²) in [5.41, 5.74) is 9.27. The number of hydrogen-bond donors (Lipinski definition) is 4. The fraction of sp³-hybridized carbons (Fsp3) is 0.278. The number of nitrogens with one attached hydrogen (secondary N) is 3. The van der Waals surface area contributed by atoms with Gasteiger partial charge in [0.15, 0.2) is 0 Å². The molecule has 1 aliphatic heterocycles. The molecule has 0 bridgehead atoms. The fourth-order valence-corrected chi connectivity index (χ4v) is 2.68. The number of amides is 1. The molecule has 0 spiro atoms. The Balaban J connectivity index is 1.44. The summed E-state index contributed by atoms with van der Waals surface area (Å²) < 4.78 is 11.3. The van der Waals surface area contributed by atoms with Gasteiger partial charge in [-0.15, -0.1) is 0 Å². The van der Waals surface area contributed by atoms with Crippen molar-refractivity contribution in [3.63, 3.8) is 0 Å². The van der Waals surface area contributed by atoms with Crippen LogP contribution in [0.15, 0.2) is 54.6 Å². The lowest BCUT2D eigenvalue weighted by molar-refractivity contribution is -0.122. The summed E-state index contributed by atoms with van der Waals surface area (Å²) in [5, 5.41) is 0. The molecule has 0 radical (unpaired) electrons. The fourth-order valence-electron chi connectivity index (χ4n) is 2.68. The molecule has 2 unspecified atom stereocenters. The largest absolute Gasteiger partial charge is 0.490 e. The molecule has 2 aromatic rings. The minimum atomic E-state index is -0.332. The SMILES string of the molecule is NNC(=O)C1CC(c2ccc(OCCOc3ccccc3)cc2)NN1. The van der Waals surface area contributed by atoms with Gasteiger partial charge in [-0.05, 0) is 36.2 Å². The van der Waals surface area contributed by atoms with Gasteiger partial charge in [0.1, 0.15) is 30.8 Å². The standard InChI is InChI=1S/C18H22N4O3/c19-20-18(23)17-12-16(21-22-17)13-6-8-15(9-7-13)25-11-10-24-14-4-2-1-3-5-14/h1-9,16-17,21-22H,10-12,19H2,(H,20,23). The zero-order chi connectivity index (χ0) is 17.5. The van der Waals surface area contributed by atoms with Crippen LogP contribution in [0.5, 0.6) is 11.5 Å². The second-order valence-electron chi connectivity index (χ2n) is 5.72. The Bertz CT molecular complexity index is 678. The normalized spacial score (nSPS) is 19.4. The van der Waals surface area contributed by atoms with E-state index in [2.05, 4.69) is 16.3 Å². The molecule has 7 heteroatoms. The topological polar surface area (TPSA) is 97.6 Å². The second kappa shape index (κ2) is 8.48. The van der Waals surface area contributed by atoms with E-state index < -0.39 is 0 Å². The van der Waals surface area contributed by atoms with Crippen molar-refractivity contribution >= 4 is 5.91 Å². The number of para-hydroxylation sites is 1. The number of nitrogens with two attached hydrogens (primary N) is 1. The van der Waals surface area contributed by atoms with E-state index in [9.17, 15) is 4.79 Å². The van der Waals surface area contributed by atoms with Crippen LogP contribution in [0.4, 0.5) is 0 Å². The van der Waals surface area contributed by atoms with Crippen LogP contribution in [0.25, 0.3) is 0 Å². The Morgan fingerprint density at radius 2 is 1.64 bits per heavy atom. The van der Waals surface area contributed by atoms with Gasteiger partial charge >= 0.3 is 0 Å². The van der Waals surface area contributed by atoms with Crippen molar-refractivity contribution in [1.29, 1.82) is 0 Å². The molecule has 2 atom stereocenters. The van der Waals surface area contributed by atoms with Gasteiger partial charge in [-0.2, -0.15) is 0 Å². The van der Waals surface area contributed by atoms with Gasteiger partial charge < -0.3 is 9.47 Å². The van der Waals surface area contributed by atoms with Gasteiger partial charge in [-0.3, -0.25) is 10.2 Å². The van der Waals surface area contributed by atoms with E-state index in [4.69, 9.17) is 15.3 Å². The van der Waals surface area contributed by atoms with Crippen LogP contribution in [0.3, 0.4) is 0 Å². The van der Waals surface area contributed by atoms with Crippen molar-refractivity contribution in [2.45, 2.75) is 18.5 Å². The molecule has 0 aromatic heterocycles. The van der Waals surface area contributed by atoms with Crippen LogP contribution in [-0.4, -0.2) is 25.2 Å². The van der Waals surface area contributed by atoms with Gasteiger partial charge in [0.25, 0.3) is 5.91 Å². The van der Waals surface area contributed by atoms with Crippen molar-refractivity contribution in [3.8, 4) is 11.5 Å². The van der Waals surface area contributed by atoms with Crippen molar-refractivity contribution in [2.24, 2.45) is 5.84 Å². The number of carbonyl (C=O) groups excluding carboxylic acids is 1. The Hall–Kier alpha value is -2.61. The smallest absolute Gasteiger partial charge is 0.252 e. The maximum absolute atomic E-state index is 11.5. The molecule has 1 aliphatic rings. The van der Waals surface area contributed by atoms with Crippen molar-refractivity contribution in [1.82, 2.24) is 16.3 Å². The molecule has 1 heterocycles. The highest BCUT2D eigenvalue weighted by atomic mass is 16.5. The molecule has 0 aliphatic carbocycles. The van der Waals surface area contributed by atoms with Crippen LogP contribution in [0, 0.1) is 0 Å². The highest BCUT2D eigenvalue weighted by Gasteiger charge is 2.29. The molecular formula is C18H22N4O3. The van der Waals surface area contributed by atoms with Crippen LogP contribution < -0.4 is 31.6 Å². The molecule has 1 amide bonds. The maximum Gasteiger partial charge on any atom is 0.252 e. The summed E-state index contributed by atoms with van der Waals surface area (Å²) >= 11 is 0. The Morgan fingerprint density at radius 3 is 2.28 bits per heavy atom. The lowest BCUT2D eigenvalue weighted by Gasteiger charge is -2.12. The predicted octanol–water partition coefficient (Wildman–Crippen LogP) is 1.04. The number of ether oxygens (including phenoxy) is 2. The number of hydrazine groups is 2. The van der Waals surface area contributed by atoms with Crippen LogP contribution in [0.2, 0.25) is 0 Å². The zero-order valence-corrected chi connectivity index (χ0v) is 13.8. The maximum atomic E-state index is 11.5. The van der Waals surface area contributed by atoms with Gasteiger partial charge in [-0.1, -0.05) is 30.3 Å². The summed E-state index contributed by atoms with van der Waals surface area (Å²) in [7, 11) is 0. The van der Waals surface area contributed by atoms with Gasteiger partial charge in [0, 0.05) is 6.04 Å². The van der Waals surface area contributed by atoms with E-state index in [0.717, 1.165) is 17.1 Å².